The van der Waals surface area contributed by atoms with Crippen LogP contribution in [0.5, 0.6) is 0 Å². The Labute approximate surface area is 249 Å². The van der Waals surface area contributed by atoms with Gasteiger partial charge in [-0.2, -0.15) is 13.2 Å². The molecule has 2 saturated heterocycles. The van der Waals surface area contributed by atoms with Crippen molar-refractivity contribution in [1.82, 2.24) is 25.0 Å². The lowest BCUT2D eigenvalue weighted by molar-refractivity contribution is -0.157. The number of rotatable bonds is 8. The van der Waals surface area contributed by atoms with E-state index in [0.717, 1.165) is 4.90 Å². The molecule has 0 spiro atoms. The molecule has 4 rings (SSSR count). The topological polar surface area (TPSA) is 138 Å². The molecule has 0 aliphatic carbocycles. The predicted molar refractivity (Wildman–Crippen MR) is 152 cm³/mol. The van der Waals surface area contributed by atoms with Crippen LogP contribution in [0.15, 0.2) is 54.7 Å². The minimum absolute atomic E-state index is 0.00424. The molecule has 11 nitrogen and oxygen atoms in total. The molecule has 2 aliphatic heterocycles. The van der Waals surface area contributed by atoms with Gasteiger partial charge in [-0.1, -0.05) is 50.2 Å². The van der Waals surface area contributed by atoms with Gasteiger partial charge in [-0.3, -0.25) is 24.3 Å². The average molecular weight is 609 g/mol. The van der Waals surface area contributed by atoms with Gasteiger partial charge >= 0.3 is 12.2 Å². The summed E-state index contributed by atoms with van der Waals surface area (Å²) >= 11 is 0. The number of amides is 5. The van der Waals surface area contributed by atoms with E-state index in [1.54, 1.807) is 25.3 Å². The van der Waals surface area contributed by atoms with Crippen LogP contribution in [0.3, 0.4) is 0 Å². The Kier molecular flexibility index (Phi) is 13.1. The van der Waals surface area contributed by atoms with Gasteiger partial charge < -0.3 is 25.6 Å². The molecule has 1 aromatic carbocycles. The Morgan fingerprint density at radius 2 is 1.74 bits per heavy atom. The summed E-state index contributed by atoms with van der Waals surface area (Å²) in [6, 6.07) is 13.1. The minimum atomic E-state index is -4.77. The van der Waals surface area contributed by atoms with Gasteiger partial charge in [0.05, 0.1) is 25.7 Å². The van der Waals surface area contributed by atoms with Crippen molar-refractivity contribution in [3.63, 3.8) is 0 Å². The number of halogens is 3. The smallest absolute Gasteiger partial charge is 0.380 e. The number of alkyl halides is 3. The fourth-order valence-corrected chi connectivity index (χ4v) is 4.60. The molecule has 0 saturated carbocycles. The Hall–Kier alpha value is -4.04. The largest absolute Gasteiger partial charge is 0.406 e. The van der Waals surface area contributed by atoms with Crippen LogP contribution in [0.1, 0.15) is 32.0 Å². The van der Waals surface area contributed by atoms with Crippen LogP contribution in [0.25, 0.3) is 0 Å². The summed E-state index contributed by atoms with van der Waals surface area (Å²) < 4.78 is 44.0. The number of carbonyl (C=O) groups excluding carboxylic acids is 4. The van der Waals surface area contributed by atoms with Gasteiger partial charge in [-0.15, -0.1) is 0 Å². The third kappa shape index (κ3) is 9.48. The number of piperazine rings is 1. The van der Waals surface area contributed by atoms with E-state index in [2.05, 4.69) is 10.3 Å². The summed E-state index contributed by atoms with van der Waals surface area (Å²) in [5.41, 5.74) is 5.32. The second-order valence-corrected chi connectivity index (χ2v) is 9.71. The third-order valence-electron chi connectivity index (χ3n) is 6.54. The zero-order valence-corrected chi connectivity index (χ0v) is 24.8. The molecule has 43 heavy (non-hydrogen) atoms. The van der Waals surface area contributed by atoms with E-state index in [9.17, 15) is 32.3 Å². The van der Waals surface area contributed by atoms with Gasteiger partial charge in [0.25, 0.3) is 5.91 Å². The summed E-state index contributed by atoms with van der Waals surface area (Å²) in [4.78, 5) is 56.9. The van der Waals surface area contributed by atoms with Crippen molar-refractivity contribution < 1.29 is 37.1 Å². The van der Waals surface area contributed by atoms with Crippen molar-refractivity contribution in [2.24, 2.45) is 5.73 Å². The molecule has 1 aromatic heterocycles. The highest BCUT2D eigenvalue weighted by atomic mass is 19.4. The fourth-order valence-electron chi connectivity index (χ4n) is 4.60. The lowest BCUT2D eigenvalue weighted by atomic mass is 9.88. The van der Waals surface area contributed by atoms with Crippen molar-refractivity contribution >= 4 is 23.8 Å². The number of ether oxygens (including phenoxy) is 1. The van der Waals surface area contributed by atoms with Gasteiger partial charge in [0.2, 0.25) is 11.8 Å². The molecule has 5 amide bonds. The lowest BCUT2D eigenvalue weighted by Gasteiger charge is -2.44. The summed E-state index contributed by atoms with van der Waals surface area (Å²) in [5.74, 6) is -2.14. The van der Waals surface area contributed by atoms with E-state index >= 15 is 0 Å². The first kappa shape index (κ1) is 35.2. The molecule has 2 aromatic rings. The van der Waals surface area contributed by atoms with E-state index < -0.39 is 54.6 Å². The molecule has 2 atom stereocenters. The average Bonchev–Trinajstić information content (AvgIpc) is 3.18. The van der Waals surface area contributed by atoms with Crippen molar-refractivity contribution in [1.29, 1.82) is 0 Å². The number of carbonyl (C=O) groups is 4. The molecule has 2 unspecified atom stereocenters. The number of benzene rings is 1. The maximum Gasteiger partial charge on any atom is 0.406 e. The molecule has 14 heteroatoms. The van der Waals surface area contributed by atoms with E-state index in [1.165, 1.54) is 23.6 Å². The molecule has 2 aliphatic rings. The number of nitrogens with two attached hydrogens (primary N) is 1. The fraction of sp³-hybridized carbons (Fsp3) is 0.483. The van der Waals surface area contributed by atoms with Crippen molar-refractivity contribution in [3.8, 4) is 0 Å². The molecule has 0 bridgehead atoms. The lowest BCUT2D eigenvalue weighted by Crippen LogP contribution is -2.65. The first-order valence-electron chi connectivity index (χ1n) is 13.8. The molecule has 3 N–H and O–H groups in total. The van der Waals surface area contributed by atoms with E-state index in [-0.39, 0.29) is 31.0 Å². The number of hydrogen-bond donors (Lipinski definition) is 2. The van der Waals surface area contributed by atoms with E-state index in [4.69, 9.17) is 10.5 Å². The molecular formula is C29H39F3N6O5. The van der Waals surface area contributed by atoms with Gasteiger partial charge in [-0.25, -0.2) is 4.79 Å². The number of urea groups is 1. The predicted octanol–water partition coefficient (Wildman–Crippen LogP) is 2.35. The highest BCUT2D eigenvalue weighted by Crippen LogP contribution is 2.36. The monoisotopic (exact) mass is 608 g/mol. The Morgan fingerprint density at radius 3 is 2.30 bits per heavy atom. The van der Waals surface area contributed by atoms with Crippen molar-refractivity contribution in [2.45, 2.75) is 51.6 Å². The van der Waals surface area contributed by atoms with E-state index in [0.29, 0.717) is 12.3 Å². The molecule has 236 valence electrons. The van der Waals surface area contributed by atoms with Crippen LogP contribution >= 0.6 is 0 Å². The molecule has 0 radical (unpaired) electrons. The first-order chi connectivity index (χ1) is 20.4. The normalized spacial score (nSPS) is 18.6. The second kappa shape index (κ2) is 16.0. The number of fused-ring (bicyclic) bond motifs is 1. The van der Waals surface area contributed by atoms with Crippen LogP contribution in [-0.4, -0.2) is 101 Å². The number of methoxy groups -OCH3 is 1. The number of hydrogen-bond acceptors (Lipinski definition) is 7. The maximum absolute atomic E-state index is 13.2. The Bertz CT molecular complexity index is 1220. The maximum atomic E-state index is 13.2. The van der Waals surface area contributed by atoms with Gasteiger partial charge in [-0.05, 0) is 24.6 Å². The van der Waals surface area contributed by atoms with Gasteiger partial charge in [0.1, 0.15) is 12.1 Å². The quantitative estimate of drug-likeness (QED) is 0.439. The molecule has 3 heterocycles. The zero-order chi connectivity index (χ0) is 32.2. The number of imide groups is 1. The Morgan fingerprint density at radius 1 is 1.09 bits per heavy atom. The van der Waals surface area contributed by atoms with Crippen molar-refractivity contribution in [2.75, 3.05) is 39.8 Å². The summed E-state index contributed by atoms with van der Waals surface area (Å²) in [5, 5.41) is 2.37. The number of pyridine rings is 1. The van der Waals surface area contributed by atoms with E-state index in [1.807, 2.05) is 44.2 Å². The van der Waals surface area contributed by atoms with Crippen LogP contribution < -0.4 is 11.1 Å². The number of aromatic nitrogens is 1. The SMILES string of the molecule is CC.CC(N)C(=O)NCC(=O)N1CCN2C(=O)N(CC(F)(F)F)C(=O)C2(Cc2ccccn2)C1.COCc1ccccc1. The summed E-state index contributed by atoms with van der Waals surface area (Å²) in [7, 11) is 1.70. The molecular weight excluding hydrogens is 569 g/mol. The van der Waals surface area contributed by atoms with Crippen molar-refractivity contribution in [3.05, 3.63) is 66.0 Å². The standard InChI is InChI=1S/C19H23F3N6O4.C8H10O.C2H6/c1-12(23)15(30)25-9-14(29)26-6-7-28-17(32)27(11-19(20,21)22)16(31)18(28,10-26)8-13-4-2-3-5-24-13;1-9-7-8-5-3-2-4-6-8;1-2/h2-5,12H,6-11,23H2,1H3,(H,25,30);2-6H,7H2,1H3;1-2H3. The number of nitrogens with zero attached hydrogens (tertiary/aromatic N) is 4. The Balaban J connectivity index is 0.000000496. The van der Waals surface area contributed by atoms with Crippen LogP contribution in [0.2, 0.25) is 0 Å². The highest BCUT2D eigenvalue weighted by Gasteiger charge is 2.61. The van der Waals surface area contributed by atoms with Crippen LogP contribution in [-0.2, 0) is 32.1 Å². The van der Waals surface area contributed by atoms with Crippen LogP contribution in [0.4, 0.5) is 18.0 Å². The zero-order valence-electron chi connectivity index (χ0n) is 24.8. The minimum Gasteiger partial charge on any atom is -0.380 e. The summed E-state index contributed by atoms with van der Waals surface area (Å²) in [6.07, 6.45) is -3.48. The third-order valence-corrected chi connectivity index (χ3v) is 6.54. The highest BCUT2D eigenvalue weighted by molar-refractivity contribution is 6.08. The van der Waals surface area contributed by atoms with Gasteiger partial charge in [0, 0.05) is 38.5 Å². The number of nitrogens with one attached hydrogen (secondary N) is 1. The van der Waals surface area contributed by atoms with Gasteiger partial charge in [0.15, 0.2) is 0 Å². The second-order valence-electron chi connectivity index (χ2n) is 9.71. The summed E-state index contributed by atoms with van der Waals surface area (Å²) in [6.45, 7) is 3.57. The first-order valence-corrected chi connectivity index (χ1v) is 13.8. The van der Waals surface area contributed by atoms with Crippen LogP contribution in [0, 0.1) is 0 Å². The molecule has 2 fully saturated rings.